The summed E-state index contributed by atoms with van der Waals surface area (Å²) in [5.41, 5.74) is 1.94. The fourth-order valence-corrected chi connectivity index (χ4v) is 4.15. The minimum atomic E-state index is -2.95. The van der Waals surface area contributed by atoms with Crippen molar-refractivity contribution in [1.29, 1.82) is 0 Å². The molecule has 2 aromatic rings. The zero-order valence-corrected chi connectivity index (χ0v) is 13.6. The first-order valence-corrected chi connectivity index (χ1v) is 9.00. The fourth-order valence-electron chi connectivity index (χ4n) is 2.65. The van der Waals surface area contributed by atoms with Crippen molar-refractivity contribution in [2.45, 2.75) is 19.1 Å². The number of anilines is 1. The highest BCUT2D eigenvalue weighted by Crippen LogP contribution is 2.28. The zero-order valence-electron chi connectivity index (χ0n) is 12.0. The predicted octanol–water partition coefficient (Wildman–Crippen LogP) is 2.82. The second-order valence-corrected chi connectivity index (χ2v) is 8.50. The van der Waals surface area contributed by atoms with Crippen molar-refractivity contribution in [3.05, 3.63) is 34.9 Å². The number of sulfone groups is 1. The van der Waals surface area contributed by atoms with E-state index in [1.807, 2.05) is 36.1 Å². The first kappa shape index (κ1) is 14.6. The standard InChI is InChI=1S/C15H17ClN2O2S/c1-10-3-5-13(16)12-4-6-14(17-15(10)12)18-7-8-21(19,20)11(2)9-18/h3-6,11H,7-9H2,1-2H3. The number of fused-ring (bicyclic) bond motifs is 1. The Morgan fingerprint density at radius 1 is 1.29 bits per heavy atom. The highest BCUT2D eigenvalue weighted by molar-refractivity contribution is 7.92. The molecule has 1 atom stereocenters. The molecule has 6 heteroatoms. The van der Waals surface area contributed by atoms with Gasteiger partial charge in [0.1, 0.15) is 5.82 Å². The van der Waals surface area contributed by atoms with E-state index in [-0.39, 0.29) is 11.0 Å². The van der Waals surface area contributed by atoms with E-state index in [0.717, 1.165) is 22.3 Å². The fraction of sp³-hybridized carbons (Fsp3) is 0.400. The number of halogens is 1. The van der Waals surface area contributed by atoms with Gasteiger partial charge in [-0.25, -0.2) is 13.4 Å². The second kappa shape index (κ2) is 5.14. The minimum absolute atomic E-state index is 0.183. The first-order chi connectivity index (χ1) is 9.88. The van der Waals surface area contributed by atoms with Crippen LogP contribution in [0.4, 0.5) is 5.82 Å². The van der Waals surface area contributed by atoms with Gasteiger partial charge < -0.3 is 4.90 Å². The molecule has 21 heavy (non-hydrogen) atoms. The van der Waals surface area contributed by atoms with Crippen LogP contribution in [0.2, 0.25) is 5.02 Å². The van der Waals surface area contributed by atoms with Gasteiger partial charge in [-0.05, 0) is 37.6 Å². The van der Waals surface area contributed by atoms with Crippen molar-refractivity contribution in [3.8, 4) is 0 Å². The van der Waals surface area contributed by atoms with Gasteiger partial charge in [0.15, 0.2) is 9.84 Å². The molecule has 0 N–H and O–H groups in total. The minimum Gasteiger partial charge on any atom is -0.354 e. The molecule has 2 heterocycles. The van der Waals surface area contributed by atoms with Crippen LogP contribution in [-0.2, 0) is 9.84 Å². The Morgan fingerprint density at radius 3 is 2.76 bits per heavy atom. The molecular formula is C15H17ClN2O2S. The summed E-state index contributed by atoms with van der Waals surface area (Å²) in [6, 6.07) is 7.69. The van der Waals surface area contributed by atoms with Gasteiger partial charge in [-0.3, -0.25) is 0 Å². The molecule has 1 aromatic carbocycles. The first-order valence-electron chi connectivity index (χ1n) is 6.91. The van der Waals surface area contributed by atoms with Crippen molar-refractivity contribution >= 4 is 38.2 Å². The molecule has 0 saturated carbocycles. The van der Waals surface area contributed by atoms with Crippen LogP contribution >= 0.6 is 11.6 Å². The molecule has 4 nitrogen and oxygen atoms in total. The Morgan fingerprint density at radius 2 is 2.05 bits per heavy atom. The molecule has 1 aliphatic rings. The van der Waals surface area contributed by atoms with E-state index in [9.17, 15) is 8.42 Å². The quantitative estimate of drug-likeness (QED) is 0.809. The van der Waals surface area contributed by atoms with Crippen LogP contribution in [0.5, 0.6) is 0 Å². The molecule has 1 saturated heterocycles. The number of hydrogen-bond acceptors (Lipinski definition) is 4. The highest BCUT2D eigenvalue weighted by atomic mass is 35.5. The SMILES string of the molecule is Cc1ccc(Cl)c2ccc(N3CCS(=O)(=O)C(C)C3)nc12. The van der Waals surface area contributed by atoms with E-state index in [2.05, 4.69) is 4.98 Å². The van der Waals surface area contributed by atoms with Gasteiger partial charge in [0.25, 0.3) is 0 Å². The molecule has 1 unspecified atom stereocenters. The summed E-state index contributed by atoms with van der Waals surface area (Å²) in [5.74, 6) is 0.997. The Balaban J connectivity index is 2.01. The normalized spacial score (nSPS) is 21.7. The molecular weight excluding hydrogens is 308 g/mol. The number of hydrogen-bond donors (Lipinski definition) is 0. The van der Waals surface area contributed by atoms with Crippen molar-refractivity contribution in [2.24, 2.45) is 0 Å². The lowest BCUT2D eigenvalue weighted by Gasteiger charge is -2.31. The van der Waals surface area contributed by atoms with Gasteiger partial charge in [0.2, 0.25) is 0 Å². The molecule has 0 amide bonds. The Labute approximate surface area is 129 Å². The van der Waals surface area contributed by atoms with E-state index in [4.69, 9.17) is 11.6 Å². The largest absolute Gasteiger partial charge is 0.354 e. The Bertz CT molecular complexity index is 805. The maximum atomic E-state index is 11.8. The van der Waals surface area contributed by atoms with Crippen LogP contribution in [0, 0.1) is 6.92 Å². The van der Waals surface area contributed by atoms with Crippen molar-refractivity contribution in [3.63, 3.8) is 0 Å². The van der Waals surface area contributed by atoms with Gasteiger partial charge in [-0.1, -0.05) is 17.7 Å². The van der Waals surface area contributed by atoms with Crippen molar-refractivity contribution in [2.75, 3.05) is 23.7 Å². The van der Waals surface area contributed by atoms with E-state index in [1.165, 1.54) is 0 Å². The van der Waals surface area contributed by atoms with Crippen molar-refractivity contribution < 1.29 is 8.42 Å². The summed E-state index contributed by atoms with van der Waals surface area (Å²) < 4.78 is 23.6. The predicted molar refractivity (Wildman–Crippen MR) is 87.0 cm³/mol. The zero-order chi connectivity index (χ0) is 15.2. The third-order valence-electron chi connectivity index (χ3n) is 4.05. The highest BCUT2D eigenvalue weighted by Gasteiger charge is 2.30. The van der Waals surface area contributed by atoms with Crippen molar-refractivity contribution in [1.82, 2.24) is 4.98 Å². The van der Waals surface area contributed by atoms with E-state index >= 15 is 0 Å². The third-order valence-corrected chi connectivity index (χ3v) is 6.51. The maximum Gasteiger partial charge on any atom is 0.156 e. The summed E-state index contributed by atoms with van der Waals surface area (Å²) >= 11 is 6.19. The molecule has 0 radical (unpaired) electrons. The van der Waals surface area contributed by atoms with Crippen LogP contribution < -0.4 is 4.90 Å². The lowest BCUT2D eigenvalue weighted by molar-refractivity contribution is 0.568. The topological polar surface area (TPSA) is 50.3 Å². The van der Waals surface area contributed by atoms with Gasteiger partial charge in [0, 0.05) is 23.5 Å². The number of nitrogens with zero attached hydrogens (tertiary/aromatic N) is 2. The molecule has 3 rings (SSSR count). The van der Waals surface area contributed by atoms with E-state index in [0.29, 0.717) is 18.1 Å². The van der Waals surface area contributed by atoms with Gasteiger partial charge in [0.05, 0.1) is 16.5 Å². The van der Waals surface area contributed by atoms with Gasteiger partial charge in [-0.2, -0.15) is 0 Å². The Hall–Kier alpha value is -1.33. The van der Waals surface area contributed by atoms with Crippen LogP contribution in [0.3, 0.4) is 0 Å². The average molecular weight is 325 g/mol. The monoisotopic (exact) mass is 324 g/mol. The van der Waals surface area contributed by atoms with Crippen LogP contribution in [0.1, 0.15) is 12.5 Å². The summed E-state index contributed by atoms with van der Waals surface area (Å²) in [7, 11) is -2.95. The van der Waals surface area contributed by atoms with Crippen LogP contribution in [0.15, 0.2) is 24.3 Å². The van der Waals surface area contributed by atoms with Gasteiger partial charge >= 0.3 is 0 Å². The number of benzene rings is 1. The third kappa shape index (κ3) is 2.60. The Kier molecular flexibility index (Phi) is 3.58. The number of pyridine rings is 1. The smallest absolute Gasteiger partial charge is 0.156 e. The molecule has 0 aliphatic carbocycles. The van der Waals surface area contributed by atoms with E-state index < -0.39 is 9.84 Å². The van der Waals surface area contributed by atoms with Crippen LogP contribution in [-0.4, -0.2) is 37.5 Å². The van der Waals surface area contributed by atoms with E-state index in [1.54, 1.807) is 6.92 Å². The summed E-state index contributed by atoms with van der Waals surface area (Å²) in [5, 5.41) is 1.26. The number of rotatable bonds is 1. The van der Waals surface area contributed by atoms with Gasteiger partial charge in [-0.15, -0.1) is 0 Å². The molecule has 1 aromatic heterocycles. The lowest BCUT2D eigenvalue weighted by Crippen LogP contribution is -2.45. The molecule has 112 valence electrons. The maximum absolute atomic E-state index is 11.8. The second-order valence-electron chi connectivity index (χ2n) is 5.55. The van der Waals surface area contributed by atoms with Crippen LogP contribution in [0.25, 0.3) is 10.9 Å². The molecule has 1 fully saturated rings. The average Bonchev–Trinajstić information content (AvgIpc) is 2.46. The summed E-state index contributed by atoms with van der Waals surface area (Å²) in [6.45, 7) is 4.73. The summed E-state index contributed by atoms with van der Waals surface area (Å²) in [6.07, 6.45) is 0. The molecule has 0 spiro atoms. The lowest BCUT2D eigenvalue weighted by atomic mass is 10.1. The number of aromatic nitrogens is 1. The summed E-state index contributed by atoms with van der Waals surface area (Å²) in [4.78, 5) is 6.72. The molecule has 0 bridgehead atoms. The number of aryl methyl sites for hydroxylation is 1. The molecule has 1 aliphatic heterocycles.